The summed E-state index contributed by atoms with van der Waals surface area (Å²) in [5.41, 5.74) is 12.3. The predicted molar refractivity (Wildman–Crippen MR) is 95.2 cm³/mol. The second-order valence-electron chi connectivity index (χ2n) is 5.02. The Hall–Kier alpha value is -2.87. The highest BCUT2D eigenvalue weighted by molar-refractivity contribution is 9.10. The zero-order valence-electron chi connectivity index (χ0n) is 12.6. The highest BCUT2D eigenvalue weighted by Gasteiger charge is 2.23. The van der Waals surface area contributed by atoms with Crippen LogP contribution in [0.4, 0.5) is 11.4 Å². The van der Waals surface area contributed by atoms with Crippen molar-refractivity contribution in [3.05, 3.63) is 56.9 Å². The summed E-state index contributed by atoms with van der Waals surface area (Å²) in [6.07, 6.45) is 0. The molecule has 122 valence electrons. The van der Waals surface area contributed by atoms with E-state index in [1.54, 1.807) is 36.4 Å². The summed E-state index contributed by atoms with van der Waals surface area (Å²) in [6, 6.07) is 9.99. The van der Waals surface area contributed by atoms with Crippen molar-refractivity contribution in [2.45, 2.75) is 0 Å². The minimum atomic E-state index is -0.800. The van der Waals surface area contributed by atoms with Gasteiger partial charge in [-0.15, -0.1) is 0 Å². The molecule has 24 heavy (non-hydrogen) atoms. The highest BCUT2D eigenvalue weighted by atomic mass is 79.9. The van der Waals surface area contributed by atoms with E-state index in [2.05, 4.69) is 20.9 Å². The Morgan fingerprint density at radius 3 is 2.46 bits per heavy atom. The Morgan fingerprint density at radius 1 is 1.17 bits per heavy atom. The monoisotopic (exact) mass is 388 g/mol. The molecule has 0 saturated carbocycles. The van der Waals surface area contributed by atoms with E-state index in [1.165, 1.54) is 11.7 Å². The second-order valence-corrected chi connectivity index (χ2v) is 5.83. The molecule has 2 aromatic heterocycles. The van der Waals surface area contributed by atoms with Crippen molar-refractivity contribution in [2.24, 2.45) is 0 Å². The number of ether oxygens (including phenoxy) is 1. The van der Waals surface area contributed by atoms with E-state index < -0.39 is 11.5 Å². The van der Waals surface area contributed by atoms with Gasteiger partial charge in [-0.2, -0.15) is 0 Å². The zero-order valence-corrected chi connectivity index (χ0v) is 14.2. The van der Waals surface area contributed by atoms with E-state index in [9.17, 15) is 9.59 Å². The molecular formula is C16H13BrN4O3. The lowest BCUT2D eigenvalue weighted by Gasteiger charge is -2.14. The van der Waals surface area contributed by atoms with Crippen molar-refractivity contribution in [1.82, 2.24) is 9.55 Å². The molecular weight excluding hydrogens is 376 g/mol. The molecule has 7 nitrogen and oxygen atoms in total. The number of esters is 1. The molecule has 2 heterocycles. The van der Waals surface area contributed by atoms with Crippen molar-refractivity contribution in [3.8, 4) is 5.69 Å². The highest BCUT2D eigenvalue weighted by Crippen LogP contribution is 2.25. The normalized spacial score (nSPS) is 10.8. The maximum atomic E-state index is 12.9. The summed E-state index contributed by atoms with van der Waals surface area (Å²) < 4.78 is 6.54. The number of hydrogen-bond donors (Lipinski definition) is 2. The summed E-state index contributed by atoms with van der Waals surface area (Å²) in [4.78, 5) is 29.3. The summed E-state index contributed by atoms with van der Waals surface area (Å²) in [6.45, 7) is 0. The number of rotatable bonds is 2. The van der Waals surface area contributed by atoms with Gasteiger partial charge >= 0.3 is 5.97 Å². The maximum Gasteiger partial charge on any atom is 0.345 e. The predicted octanol–water partition coefficient (Wildman–Crippen LogP) is 2.10. The van der Waals surface area contributed by atoms with Gasteiger partial charge in [-0.25, -0.2) is 9.78 Å². The minimum Gasteiger partial charge on any atom is -0.465 e. The van der Waals surface area contributed by atoms with Gasteiger partial charge in [0.25, 0.3) is 5.56 Å². The number of carbonyl (C=O) groups is 1. The Kier molecular flexibility index (Phi) is 3.98. The maximum absolute atomic E-state index is 12.9. The van der Waals surface area contributed by atoms with Crippen LogP contribution in [0.15, 0.2) is 45.8 Å². The van der Waals surface area contributed by atoms with E-state index in [1.807, 2.05) is 0 Å². The third-order valence-electron chi connectivity index (χ3n) is 3.57. The lowest BCUT2D eigenvalue weighted by Crippen LogP contribution is -2.28. The number of methoxy groups -OCH3 is 1. The fourth-order valence-electron chi connectivity index (χ4n) is 2.43. The third-order valence-corrected chi connectivity index (χ3v) is 4.01. The lowest BCUT2D eigenvalue weighted by atomic mass is 10.1. The molecule has 0 aliphatic rings. The average molecular weight is 389 g/mol. The van der Waals surface area contributed by atoms with Crippen LogP contribution in [0.3, 0.4) is 0 Å². The molecule has 3 aromatic rings. The Labute approximate surface area is 145 Å². The van der Waals surface area contributed by atoms with Crippen LogP contribution >= 0.6 is 15.9 Å². The topological polar surface area (TPSA) is 113 Å². The van der Waals surface area contributed by atoms with Crippen LogP contribution in [0.2, 0.25) is 0 Å². The molecule has 8 heteroatoms. The van der Waals surface area contributed by atoms with E-state index in [4.69, 9.17) is 16.2 Å². The second kappa shape index (κ2) is 5.97. The quantitative estimate of drug-likeness (QED) is 0.394. The number of fused-ring (bicyclic) bond motifs is 1. The number of carbonyl (C=O) groups excluding carboxylic acids is 1. The lowest BCUT2D eigenvalue weighted by molar-refractivity contribution is 0.0600. The molecule has 1 aromatic carbocycles. The van der Waals surface area contributed by atoms with Gasteiger partial charge in [0, 0.05) is 11.1 Å². The van der Waals surface area contributed by atoms with Crippen LogP contribution in [0.25, 0.3) is 16.7 Å². The Bertz CT molecular complexity index is 1010. The first-order valence-corrected chi connectivity index (χ1v) is 7.68. The number of nitrogen functional groups attached to an aromatic ring is 2. The molecule has 0 unspecified atom stereocenters. The number of benzene rings is 1. The molecule has 0 amide bonds. The van der Waals surface area contributed by atoms with Crippen LogP contribution in [0.5, 0.6) is 0 Å². The number of anilines is 2. The van der Waals surface area contributed by atoms with Crippen molar-refractivity contribution in [2.75, 3.05) is 18.6 Å². The van der Waals surface area contributed by atoms with Crippen molar-refractivity contribution in [3.63, 3.8) is 0 Å². The van der Waals surface area contributed by atoms with Crippen LogP contribution < -0.4 is 17.0 Å². The number of aromatic nitrogens is 2. The van der Waals surface area contributed by atoms with Crippen LogP contribution in [0, 0.1) is 0 Å². The average Bonchev–Trinajstić information content (AvgIpc) is 2.56. The first kappa shape index (κ1) is 16.0. The molecule has 0 saturated heterocycles. The minimum absolute atomic E-state index is 0.0357. The number of nitrogens with zero attached hydrogens (tertiary/aromatic N) is 2. The third kappa shape index (κ3) is 2.50. The summed E-state index contributed by atoms with van der Waals surface area (Å²) >= 11 is 3.28. The summed E-state index contributed by atoms with van der Waals surface area (Å²) in [5, 5.41) is 0.468. The fraction of sp³-hybridized carbons (Fsp3) is 0.0625. The molecule has 0 radical (unpaired) electrons. The van der Waals surface area contributed by atoms with Crippen LogP contribution in [-0.4, -0.2) is 22.6 Å². The van der Waals surface area contributed by atoms with Gasteiger partial charge in [0.15, 0.2) is 5.65 Å². The number of pyridine rings is 2. The van der Waals surface area contributed by atoms with Gasteiger partial charge in [-0.1, -0.05) is 0 Å². The summed E-state index contributed by atoms with van der Waals surface area (Å²) in [5.74, 6) is -0.800. The van der Waals surface area contributed by atoms with E-state index in [0.717, 1.165) is 0 Å². The molecule has 3 rings (SSSR count). The Morgan fingerprint density at radius 2 is 1.83 bits per heavy atom. The van der Waals surface area contributed by atoms with E-state index >= 15 is 0 Å². The Balaban J connectivity index is 2.50. The number of halogens is 1. The SMILES string of the molecule is COC(=O)c1c(N)c2ccc(Br)nc2n(-c2ccc(N)cc2)c1=O. The molecule has 0 fully saturated rings. The van der Waals surface area contributed by atoms with Crippen molar-refractivity contribution >= 4 is 44.3 Å². The largest absolute Gasteiger partial charge is 0.465 e. The van der Waals surface area contributed by atoms with Crippen molar-refractivity contribution < 1.29 is 9.53 Å². The molecule has 0 bridgehead atoms. The molecule has 0 aliphatic carbocycles. The fourth-order valence-corrected chi connectivity index (χ4v) is 2.73. The van der Waals surface area contributed by atoms with Gasteiger partial charge < -0.3 is 16.2 Å². The molecule has 0 spiro atoms. The summed E-state index contributed by atoms with van der Waals surface area (Å²) in [7, 11) is 1.19. The van der Waals surface area contributed by atoms with Gasteiger partial charge in [0.2, 0.25) is 0 Å². The van der Waals surface area contributed by atoms with Crippen molar-refractivity contribution in [1.29, 1.82) is 0 Å². The first-order chi connectivity index (χ1) is 11.4. The molecule has 4 N–H and O–H groups in total. The standard InChI is InChI=1S/C16H13BrN4O3/c1-24-16(23)12-13(19)10-6-7-11(17)20-14(10)21(15(12)22)9-4-2-8(18)3-5-9/h2-7H,18-19H2,1H3. The molecule has 0 aliphatic heterocycles. The van der Waals surface area contributed by atoms with Gasteiger partial charge in [-0.05, 0) is 52.3 Å². The number of nitrogens with two attached hydrogens (primary N) is 2. The number of hydrogen-bond acceptors (Lipinski definition) is 6. The van der Waals surface area contributed by atoms with Gasteiger partial charge in [0.1, 0.15) is 10.2 Å². The first-order valence-electron chi connectivity index (χ1n) is 6.89. The van der Waals surface area contributed by atoms with Gasteiger partial charge in [-0.3, -0.25) is 9.36 Å². The van der Waals surface area contributed by atoms with Crippen LogP contribution in [0.1, 0.15) is 10.4 Å². The van der Waals surface area contributed by atoms with E-state index in [0.29, 0.717) is 27.0 Å². The zero-order chi connectivity index (χ0) is 17.4. The smallest absolute Gasteiger partial charge is 0.345 e. The van der Waals surface area contributed by atoms with Gasteiger partial charge in [0.05, 0.1) is 18.5 Å². The molecule has 0 atom stereocenters. The van der Waals surface area contributed by atoms with Crippen LogP contribution in [-0.2, 0) is 4.74 Å². The van der Waals surface area contributed by atoms with E-state index in [-0.39, 0.29) is 11.3 Å².